The van der Waals surface area contributed by atoms with Gasteiger partial charge in [-0.15, -0.1) is 0 Å². The molecule has 2 aromatic rings. The van der Waals surface area contributed by atoms with Crippen molar-refractivity contribution in [3.8, 4) is 5.75 Å². The van der Waals surface area contributed by atoms with E-state index in [-0.39, 0.29) is 12.0 Å². The van der Waals surface area contributed by atoms with Crippen molar-refractivity contribution >= 4 is 5.91 Å². The molecule has 1 heterocycles. The number of carbonyl (C=O) groups excluding carboxylic acids is 1. The van der Waals surface area contributed by atoms with Crippen LogP contribution in [-0.4, -0.2) is 25.7 Å². The molecule has 0 aromatic heterocycles. The van der Waals surface area contributed by atoms with Crippen LogP contribution < -0.4 is 10.1 Å². The first kappa shape index (κ1) is 15.6. The number of fused-ring (bicyclic) bond motifs is 1. The zero-order chi connectivity index (χ0) is 16.1. The van der Waals surface area contributed by atoms with Gasteiger partial charge in [0.25, 0.3) is 0 Å². The molecule has 0 radical (unpaired) electrons. The summed E-state index contributed by atoms with van der Waals surface area (Å²) < 4.78 is 11.0. The average Bonchev–Trinajstić information content (AvgIpc) is 2.60. The second kappa shape index (κ2) is 7.29. The van der Waals surface area contributed by atoms with Crippen LogP contribution in [0.25, 0.3) is 0 Å². The fraction of sp³-hybridized carbons (Fsp3) is 0.316. The topological polar surface area (TPSA) is 47.6 Å². The first-order chi connectivity index (χ1) is 11.2. The monoisotopic (exact) mass is 311 g/mol. The number of amides is 1. The summed E-state index contributed by atoms with van der Waals surface area (Å²) in [4.78, 5) is 12.1. The lowest BCUT2D eigenvalue weighted by Crippen LogP contribution is -2.37. The van der Waals surface area contributed by atoms with Gasteiger partial charge in [-0.3, -0.25) is 4.79 Å². The van der Waals surface area contributed by atoms with E-state index in [9.17, 15) is 4.79 Å². The van der Waals surface area contributed by atoms with Gasteiger partial charge in [-0.1, -0.05) is 36.4 Å². The van der Waals surface area contributed by atoms with Gasteiger partial charge in [0.05, 0.1) is 26.2 Å². The lowest BCUT2D eigenvalue weighted by Gasteiger charge is -2.25. The number of ether oxygens (including phenoxy) is 2. The Kier molecular flexibility index (Phi) is 4.93. The molecule has 23 heavy (non-hydrogen) atoms. The van der Waals surface area contributed by atoms with Crippen LogP contribution in [0.4, 0.5) is 0 Å². The van der Waals surface area contributed by atoms with Crippen molar-refractivity contribution in [1.82, 2.24) is 5.32 Å². The van der Waals surface area contributed by atoms with Gasteiger partial charge in [0.2, 0.25) is 5.91 Å². The Hall–Kier alpha value is -2.33. The number of nitrogens with one attached hydrogen (secondary N) is 1. The molecule has 1 aliphatic rings. The van der Waals surface area contributed by atoms with Gasteiger partial charge in [-0.05, 0) is 28.8 Å². The van der Waals surface area contributed by atoms with Crippen LogP contribution in [0, 0.1) is 0 Å². The first-order valence-electron chi connectivity index (χ1n) is 7.82. The summed E-state index contributed by atoms with van der Waals surface area (Å²) in [6, 6.07) is 15.9. The van der Waals surface area contributed by atoms with E-state index in [4.69, 9.17) is 9.47 Å². The van der Waals surface area contributed by atoms with E-state index in [2.05, 4.69) is 17.4 Å². The third-order valence-electron chi connectivity index (χ3n) is 4.07. The predicted molar refractivity (Wildman–Crippen MR) is 88.4 cm³/mol. The molecule has 0 saturated carbocycles. The summed E-state index contributed by atoms with van der Waals surface area (Å²) in [5, 5.41) is 2.96. The largest absolute Gasteiger partial charge is 0.497 e. The molecule has 0 spiro atoms. The molecule has 1 unspecified atom stereocenters. The summed E-state index contributed by atoms with van der Waals surface area (Å²) in [6.45, 7) is 1.16. The quantitative estimate of drug-likeness (QED) is 0.923. The zero-order valence-corrected chi connectivity index (χ0v) is 13.2. The smallest absolute Gasteiger partial charge is 0.224 e. The van der Waals surface area contributed by atoms with Gasteiger partial charge in [0.15, 0.2) is 0 Å². The molecule has 120 valence electrons. The van der Waals surface area contributed by atoms with Crippen LogP contribution in [0.5, 0.6) is 5.75 Å². The van der Waals surface area contributed by atoms with Gasteiger partial charge in [0, 0.05) is 13.0 Å². The lowest BCUT2D eigenvalue weighted by atomic mass is 9.99. The maximum absolute atomic E-state index is 12.1. The highest BCUT2D eigenvalue weighted by molar-refractivity contribution is 5.78. The van der Waals surface area contributed by atoms with Crippen molar-refractivity contribution in [2.45, 2.75) is 25.6 Å². The number of rotatable bonds is 5. The molecule has 3 rings (SSSR count). The van der Waals surface area contributed by atoms with Crippen LogP contribution in [0.2, 0.25) is 0 Å². The van der Waals surface area contributed by atoms with Gasteiger partial charge in [-0.25, -0.2) is 0 Å². The minimum Gasteiger partial charge on any atom is -0.497 e. The third kappa shape index (κ3) is 4.11. The number of hydrogen-bond donors (Lipinski definition) is 1. The van der Waals surface area contributed by atoms with Gasteiger partial charge < -0.3 is 14.8 Å². The van der Waals surface area contributed by atoms with E-state index in [1.807, 2.05) is 36.4 Å². The molecule has 0 aliphatic carbocycles. The van der Waals surface area contributed by atoms with Crippen LogP contribution in [-0.2, 0) is 29.0 Å². The van der Waals surface area contributed by atoms with Crippen molar-refractivity contribution in [3.63, 3.8) is 0 Å². The van der Waals surface area contributed by atoms with Gasteiger partial charge >= 0.3 is 0 Å². The van der Waals surface area contributed by atoms with Crippen LogP contribution in [0.1, 0.15) is 16.7 Å². The van der Waals surface area contributed by atoms with Crippen LogP contribution in [0.15, 0.2) is 48.5 Å². The van der Waals surface area contributed by atoms with E-state index in [1.54, 1.807) is 7.11 Å². The first-order valence-corrected chi connectivity index (χ1v) is 7.82. The maximum atomic E-state index is 12.1. The number of methoxy groups -OCH3 is 1. The molecular formula is C19H21NO3. The van der Waals surface area contributed by atoms with E-state index in [0.717, 1.165) is 17.7 Å². The average molecular weight is 311 g/mol. The Labute approximate surface area is 136 Å². The van der Waals surface area contributed by atoms with Crippen molar-refractivity contribution < 1.29 is 14.3 Å². The molecule has 1 N–H and O–H groups in total. The second-order valence-electron chi connectivity index (χ2n) is 5.74. The van der Waals surface area contributed by atoms with Crippen molar-refractivity contribution in [1.29, 1.82) is 0 Å². The van der Waals surface area contributed by atoms with E-state index >= 15 is 0 Å². The number of benzene rings is 2. The Morgan fingerprint density at radius 1 is 1.22 bits per heavy atom. The summed E-state index contributed by atoms with van der Waals surface area (Å²) in [6.07, 6.45) is 1.23. The Balaban J connectivity index is 1.50. The standard InChI is InChI=1S/C19H21NO3/c1-22-17-8-4-5-14(9-17)10-19(21)20-12-18-11-15-6-2-3-7-16(15)13-23-18/h2-9,18H,10-13H2,1H3,(H,20,21). The zero-order valence-electron chi connectivity index (χ0n) is 13.2. The summed E-state index contributed by atoms with van der Waals surface area (Å²) in [7, 11) is 1.62. The van der Waals surface area contributed by atoms with Gasteiger partial charge in [-0.2, -0.15) is 0 Å². The highest BCUT2D eigenvalue weighted by Crippen LogP contribution is 2.20. The molecule has 1 aliphatic heterocycles. The van der Waals surface area contributed by atoms with Crippen LogP contribution >= 0.6 is 0 Å². The minimum absolute atomic E-state index is 0.000659. The minimum atomic E-state index is 0.000659. The van der Waals surface area contributed by atoms with E-state index < -0.39 is 0 Å². The van der Waals surface area contributed by atoms with Gasteiger partial charge in [0.1, 0.15) is 5.75 Å². The van der Waals surface area contributed by atoms with E-state index in [1.165, 1.54) is 11.1 Å². The molecular weight excluding hydrogens is 290 g/mol. The number of hydrogen-bond acceptors (Lipinski definition) is 3. The number of carbonyl (C=O) groups is 1. The van der Waals surface area contributed by atoms with Crippen molar-refractivity contribution in [2.24, 2.45) is 0 Å². The molecule has 0 bridgehead atoms. The second-order valence-corrected chi connectivity index (χ2v) is 5.74. The summed E-state index contributed by atoms with van der Waals surface area (Å²) in [5.41, 5.74) is 3.49. The fourth-order valence-corrected chi connectivity index (χ4v) is 2.80. The molecule has 1 amide bonds. The fourth-order valence-electron chi connectivity index (χ4n) is 2.80. The maximum Gasteiger partial charge on any atom is 0.224 e. The molecule has 0 fully saturated rings. The van der Waals surface area contributed by atoms with Crippen LogP contribution in [0.3, 0.4) is 0 Å². The normalized spacial score (nSPS) is 16.5. The van der Waals surface area contributed by atoms with Crippen molar-refractivity contribution in [3.05, 3.63) is 65.2 Å². The van der Waals surface area contributed by atoms with Crippen molar-refractivity contribution in [2.75, 3.05) is 13.7 Å². The van der Waals surface area contributed by atoms with E-state index in [0.29, 0.717) is 19.6 Å². The highest BCUT2D eigenvalue weighted by atomic mass is 16.5. The molecule has 0 saturated heterocycles. The summed E-state index contributed by atoms with van der Waals surface area (Å²) >= 11 is 0. The molecule has 4 heteroatoms. The Morgan fingerprint density at radius 2 is 2.04 bits per heavy atom. The predicted octanol–water partition coefficient (Wildman–Crippen LogP) is 2.50. The highest BCUT2D eigenvalue weighted by Gasteiger charge is 2.19. The molecule has 1 atom stereocenters. The third-order valence-corrected chi connectivity index (χ3v) is 4.07. The summed E-state index contributed by atoms with van der Waals surface area (Å²) in [5.74, 6) is 0.767. The Morgan fingerprint density at radius 3 is 2.87 bits per heavy atom. The molecule has 2 aromatic carbocycles. The molecule has 4 nitrogen and oxygen atoms in total. The SMILES string of the molecule is COc1cccc(CC(=O)NCC2Cc3ccccc3CO2)c1. The lowest BCUT2D eigenvalue weighted by molar-refractivity contribution is -0.121. The Bertz CT molecular complexity index is 684.